The van der Waals surface area contributed by atoms with E-state index in [-0.39, 0.29) is 29.9 Å². The number of unbranched alkanes of at least 4 members (excludes halogenated alkanes) is 1. The predicted molar refractivity (Wildman–Crippen MR) is 139 cm³/mol. The SMILES string of the molecule is CCOP(=O)(O)CCCCN1C/C(=C\c2ccc([N+](=O)[O-])cc2)C(=O)/C(=C/c2ccc([N+](=O)[O-])cc2)C1. The van der Waals surface area contributed by atoms with Crippen LogP contribution in [0.5, 0.6) is 0 Å². The van der Waals surface area contributed by atoms with E-state index in [1.807, 2.05) is 4.90 Å². The van der Waals surface area contributed by atoms with Gasteiger partial charge >= 0.3 is 7.60 Å². The third-order valence-electron chi connectivity index (χ3n) is 5.76. The van der Waals surface area contributed by atoms with Gasteiger partial charge in [0.15, 0.2) is 5.78 Å². The van der Waals surface area contributed by atoms with E-state index < -0.39 is 17.4 Å². The highest BCUT2D eigenvalue weighted by molar-refractivity contribution is 7.52. The summed E-state index contributed by atoms with van der Waals surface area (Å²) in [6, 6.07) is 11.8. The summed E-state index contributed by atoms with van der Waals surface area (Å²) in [4.78, 5) is 46.0. The van der Waals surface area contributed by atoms with Gasteiger partial charge in [-0.15, -0.1) is 0 Å². The van der Waals surface area contributed by atoms with Crippen LogP contribution in [-0.2, 0) is 13.9 Å². The fraction of sp³-hybridized carbons (Fsp3) is 0.320. The van der Waals surface area contributed by atoms with Crippen molar-refractivity contribution in [1.82, 2.24) is 4.90 Å². The zero-order valence-corrected chi connectivity index (χ0v) is 21.2. The zero-order chi connectivity index (χ0) is 27.0. The van der Waals surface area contributed by atoms with Crippen molar-refractivity contribution < 1.29 is 28.6 Å². The lowest BCUT2D eigenvalue weighted by Crippen LogP contribution is -2.38. The summed E-state index contributed by atoms with van der Waals surface area (Å²) in [5.74, 6) is -0.177. The predicted octanol–water partition coefficient (Wildman–Crippen LogP) is 4.86. The van der Waals surface area contributed by atoms with Crippen LogP contribution in [0.2, 0.25) is 0 Å². The number of Topliss-reactive ketones (excluding diaryl/α,β-unsaturated/α-hetero) is 1. The first kappa shape index (κ1) is 28.1. The maximum atomic E-state index is 13.3. The Morgan fingerprint density at radius 3 is 1.78 bits per heavy atom. The van der Waals surface area contributed by atoms with Gasteiger partial charge in [-0.05, 0) is 73.9 Å². The average Bonchev–Trinajstić information content (AvgIpc) is 2.85. The van der Waals surface area contributed by atoms with E-state index in [2.05, 4.69) is 0 Å². The van der Waals surface area contributed by atoms with Crippen LogP contribution in [0.1, 0.15) is 30.9 Å². The van der Waals surface area contributed by atoms with Crippen LogP contribution in [-0.4, -0.2) is 57.8 Å². The van der Waals surface area contributed by atoms with Crippen molar-refractivity contribution in [2.75, 3.05) is 32.4 Å². The van der Waals surface area contributed by atoms with Crippen molar-refractivity contribution in [2.45, 2.75) is 19.8 Å². The Hall–Kier alpha value is -3.50. The molecule has 0 bridgehead atoms. The second-order valence-electron chi connectivity index (χ2n) is 8.56. The molecule has 0 aliphatic carbocycles. The Morgan fingerprint density at radius 1 is 0.919 bits per heavy atom. The van der Waals surface area contributed by atoms with Gasteiger partial charge in [0.25, 0.3) is 11.4 Å². The molecule has 2 aromatic rings. The van der Waals surface area contributed by atoms with Crippen LogP contribution in [0.15, 0.2) is 59.7 Å². The molecule has 0 spiro atoms. The van der Waals surface area contributed by atoms with Crippen molar-refractivity contribution in [3.05, 3.63) is 91.0 Å². The summed E-state index contributed by atoms with van der Waals surface area (Å²) in [5, 5.41) is 21.9. The monoisotopic (exact) mass is 529 g/mol. The highest BCUT2D eigenvalue weighted by Crippen LogP contribution is 2.42. The first-order chi connectivity index (χ1) is 17.6. The maximum absolute atomic E-state index is 13.3. The molecule has 2 aromatic carbocycles. The number of carbonyl (C=O) groups is 1. The molecular weight excluding hydrogens is 501 g/mol. The van der Waals surface area contributed by atoms with Gasteiger partial charge in [-0.25, -0.2) is 0 Å². The third-order valence-corrected chi connectivity index (χ3v) is 7.30. The number of nitro groups is 2. The summed E-state index contributed by atoms with van der Waals surface area (Å²) in [6.07, 6.45) is 4.52. The van der Waals surface area contributed by atoms with Crippen LogP contribution >= 0.6 is 7.60 Å². The van der Waals surface area contributed by atoms with E-state index in [1.54, 1.807) is 43.3 Å². The van der Waals surface area contributed by atoms with Crippen molar-refractivity contribution in [3.8, 4) is 0 Å². The quantitative estimate of drug-likeness (QED) is 0.141. The minimum Gasteiger partial charge on any atom is -0.324 e. The van der Waals surface area contributed by atoms with Crippen molar-refractivity contribution in [1.29, 1.82) is 0 Å². The number of hydrogen-bond acceptors (Lipinski definition) is 8. The minimum absolute atomic E-state index is 0.0462. The second-order valence-corrected chi connectivity index (χ2v) is 10.5. The van der Waals surface area contributed by atoms with Gasteiger partial charge in [-0.3, -0.25) is 34.5 Å². The number of hydrogen-bond donors (Lipinski definition) is 1. The molecule has 1 N–H and O–H groups in total. The molecule has 1 saturated heterocycles. The van der Waals surface area contributed by atoms with Gasteiger partial charge in [0.1, 0.15) is 0 Å². The summed E-state index contributed by atoms with van der Waals surface area (Å²) in [5.41, 5.74) is 2.18. The Labute approximate surface area is 213 Å². The Kier molecular flexibility index (Phi) is 9.60. The van der Waals surface area contributed by atoms with Crippen molar-refractivity contribution in [3.63, 3.8) is 0 Å². The minimum atomic E-state index is -3.60. The molecule has 11 nitrogen and oxygen atoms in total. The standard InChI is InChI=1S/C25H28N3O8P/c1-2-36-37(34,35)14-4-3-13-26-17-21(15-19-5-9-23(10-6-19)27(30)31)25(29)22(18-26)16-20-7-11-24(12-8-20)28(32)33/h5-12,15-16H,2-4,13-14,17-18H2,1H3,(H,34,35)/b21-15+,22-16+. The number of likely N-dealkylation sites (tertiary alicyclic amines) is 1. The molecular formula is C25H28N3O8P. The number of piperidine rings is 1. The normalized spacial score (nSPS) is 18.2. The molecule has 12 heteroatoms. The van der Waals surface area contributed by atoms with Crippen LogP contribution in [0.4, 0.5) is 11.4 Å². The molecule has 1 aliphatic heterocycles. The molecule has 0 radical (unpaired) electrons. The van der Waals surface area contributed by atoms with Gasteiger partial charge in [-0.2, -0.15) is 0 Å². The molecule has 1 atom stereocenters. The highest BCUT2D eigenvalue weighted by atomic mass is 31.2. The highest BCUT2D eigenvalue weighted by Gasteiger charge is 2.26. The van der Waals surface area contributed by atoms with Gasteiger partial charge in [0.05, 0.1) is 22.6 Å². The van der Waals surface area contributed by atoms with Gasteiger partial charge in [-0.1, -0.05) is 0 Å². The van der Waals surface area contributed by atoms with Crippen LogP contribution < -0.4 is 0 Å². The molecule has 0 aromatic heterocycles. The summed E-state index contributed by atoms with van der Waals surface area (Å²) < 4.78 is 16.8. The first-order valence-electron chi connectivity index (χ1n) is 11.7. The smallest absolute Gasteiger partial charge is 0.324 e. The third kappa shape index (κ3) is 8.26. The number of benzene rings is 2. The molecule has 1 fully saturated rings. The molecule has 1 unspecified atom stereocenters. The van der Waals surface area contributed by atoms with E-state index >= 15 is 0 Å². The van der Waals surface area contributed by atoms with E-state index in [0.29, 0.717) is 54.7 Å². The van der Waals surface area contributed by atoms with E-state index in [9.17, 15) is 34.5 Å². The Morgan fingerprint density at radius 2 is 1.38 bits per heavy atom. The van der Waals surface area contributed by atoms with Crippen LogP contribution in [0.3, 0.4) is 0 Å². The molecule has 1 aliphatic rings. The van der Waals surface area contributed by atoms with Crippen molar-refractivity contribution >= 4 is 36.9 Å². The Balaban J connectivity index is 1.82. The second kappa shape index (κ2) is 12.6. The van der Waals surface area contributed by atoms with Crippen molar-refractivity contribution in [2.24, 2.45) is 0 Å². The lowest BCUT2D eigenvalue weighted by atomic mass is 9.94. The number of ketones is 1. The molecule has 37 heavy (non-hydrogen) atoms. The number of nitrogens with zero attached hydrogens (tertiary/aromatic N) is 3. The number of nitro benzene ring substituents is 2. The topological polar surface area (TPSA) is 153 Å². The Bertz CT molecular complexity index is 1180. The van der Waals surface area contributed by atoms with Crippen LogP contribution in [0, 0.1) is 20.2 Å². The zero-order valence-electron chi connectivity index (χ0n) is 20.3. The van der Waals surface area contributed by atoms with Crippen LogP contribution in [0.25, 0.3) is 12.2 Å². The molecule has 3 rings (SSSR count). The fourth-order valence-corrected chi connectivity index (χ4v) is 5.12. The number of non-ortho nitro benzene ring substituents is 2. The lowest BCUT2D eigenvalue weighted by molar-refractivity contribution is -0.385. The molecule has 1 heterocycles. The van der Waals surface area contributed by atoms with E-state index in [0.717, 1.165) is 0 Å². The molecule has 196 valence electrons. The van der Waals surface area contributed by atoms with E-state index in [4.69, 9.17) is 4.52 Å². The summed E-state index contributed by atoms with van der Waals surface area (Å²) >= 11 is 0. The fourth-order valence-electron chi connectivity index (χ4n) is 3.97. The summed E-state index contributed by atoms with van der Waals surface area (Å²) in [7, 11) is -3.60. The first-order valence-corrected chi connectivity index (χ1v) is 13.5. The average molecular weight is 529 g/mol. The van der Waals surface area contributed by atoms with Gasteiger partial charge < -0.3 is 9.42 Å². The van der Waals surface area contributed by atoms with Gasteiger partial charge in [0, 0.05) is 48.5 Å². The molecule has 0 saturated carbocycles. The molecule has 0 amide bonds. The number of rotatable bonds is 11. The lowest BCUT2D eigenvalue weighted by Gasteiger charge is -2.30. The number of carbonyl (C=O) groups excluding carboxylic acids is 1. The van der Waals surface area contributed by atoms with Gasteiger partial charge in [0.2, 0.25) is 0 Å². The van der Waals surface area contributed by atoms with E-state index in [1.165, 1.54) is 24.3 Å². The summed E-state index contributed by atoms with van der Waals surface area (Å²) in [6.45, 7) is 3.07. The largest absolute Gasteiger partial charge is 0.328 e. The maximum Gasteiger partial charge on any atom is 0.328 e.